The Labute approximate surface area is 122 Å². The Balaban J connectivity index is 2.07. The molecule has 0 aliphatic carbocycles. The van der Waals surface area contributed by atoms with Gasteiger partial charge in [-0.05, 0) is 18.1 Å². The van der Waals surface area contributed by atoms with Crippen molar-refractivity contribution in [3.05, 3.63) is 40.8 Å². The second-order valence-electron chi connectivity index (χ2n) is 4.09. The third-order valence-electron chi connectivity index (χ3n) is 2.70. The molecule has 0 atom stereocenters. The second kappa shape index (κ2) is 6.84. The average Bonchev–Trinajstić information content (AvgIpc) is 2.68. The zero-order valence-electron chi connectivity index (χ0n) is 10.7. The maximum atomic E-state index is 12.2. The molecule has 1 heterocycles. The Morgan fingerprint density at radius 3 is 2.79 bits per heavy atom. The van der Waals surface area contributed by atoms with Gasteiger partial charge in [-0.2, -0.15) is 0 Å². The summed E-state index contributed by atoms with van der Waals surface area (Å²) in [7, 11) is 1.65. The summed E-state index contributed by atoms with van der Waals surface area (Å²) in [5, 5.41) is 0. The van der Waals surface area contributed by atoms with E-state index >= 15 is 0 Å². The van der Waals surface area contributed by atoms with Crippen molar-refractivity contribution < 1.29 is 9.53 Å². The summed E-state index contributed by atoms with van der Waals surface area (Å²) in [5.74, 6) is -0.00467. The van der Waals surface area contributed by atoms with Crippen LogP contribution in [0.4, 0.5) is 0 Å². The molecule has 0 saturated carbocycles. The molecule has 0 radical (unpaired) electrons. The molecule has 0 N–H and O–H groups in total. The molecule has 19 heavy (non-hydrogen) atoms. The van der Waals surface area contributed by atoms with Gasteiger partial charge in [0.25, 0.3) is 5.91 Å². The number of nitrogens with zero attached hydrogens (tertiary/aromatic N) is 1. The standard InChI is InChI=1S/C14H15NO2S2/c1-17-9-5-8-15-13(16)12(19-14(15)18)10-11-6-3-2-4-7-11/h2-4,6-7,10H,5,8-9H2,1H3/b12-10+. The molecule has 1 aliphatic rings. The summed E-state index contributed by atoms with van der Waals surface area (Å²) in [5.41, 5.74) is 1.01. The number of amides is 1. The smallest absolute Gasteiger partial charge is 0.266 e. The lowest BCUT2D eigenvalue weighted by atomic mass is 10.2. The van der Waals surface area contributed by atoms with Gasteiger partial charge in [-0.1, -0.05) is 54.3 Å². The van der Waals surface area contributed by atoms with Crippen molar-refractivity contribution in [2.45, 2.75) is 6.42 Å². The number of ether oxygens (including phenoxy) is 1. The van der Waals surface area contributed by atoms with E-state index in [1.165, 1.54) is 11.8 Å². The lowest BCUT2D eigenvalue weighted by Crippen LogP contribution is -2.29. The highest BCUT2D eigenvalue weighted by atomic mass is 32.2. The fourth-order valence-corrected chi connectivity index (χ4v) is 3.07. The number of hydrogen-bond acceptors (Lipinski definition) is 4. The number of methoxy groups -OCH3 is 1. The third kappa shape index (κ3) is 3.65. The van der Waals surface area contributed by atoms with E-state index in [-0.39, 0.29) is 5.91 Å². The highest BCUT2D eigenvalue weighted by Crippen LogP contribution is 2.32. The quantitative estimate of drug-likeness (QED) is 0.474. The summed E-state index contributed by atoms with van der Waals surface area (Å²) in [6, 6.07) is 9.79. The van der Waals surface area contributed by atoms with Crippen molar-refractivity contribution in [3.8, 4) is 0 Å². The number of rotatable bonds is 5. The molecular weight excluding hydrogens is 278 g/mol. The maximum absolute atomic E-state index is 12.2. The molecule has 100 valence electrons. The highest BCUT2D eigenvalue weighted by molar-refractivity contribution is 8.26. The van der Waals surface area contributed by atoms with Crippen LogP contribution in [-0.2, 0) is 9.53 Å². The van der Waals surface area contributed by atoms with E-state index < -0.39 is 0 Å². The number of carbonyl (C=O) groups is 1. The largest absolute Gasteiger partial charge is 0.385 e. The minimum Gasteiger partial charge on any atom is -0.385 e. The summed E-state index contributed by atoms with van der Waals surface area (Å²) in [4.78, 5) is 14.6. The van der Waals surface area contributed by atoms with Gasteiger partial charge in [0.05, 0.1) is 4.91 Å². The van der Waals surface area contributed by atoms with Crippen molar-refractivity contribution in [3.63, 3.8) is 0 Å². The normalized spacial score (nSPS) is 17.5. The zero-order chi connectivity index (χ0) is 13.7. The van der Waals surface area contributed by atoms with E-state index in [0.717, 1.165) is 12.0 Å². The van der Waals surface area contributed by atoms with Crippen LogP contribution >= 0.6 is 24.0 Å². The molecular formula is C14H15NO2S2. The molecule has 0 spiro atoms. The first-order valence-corrected chi connectivity index (χ1v) is 7.24. The monoisotopic (exact) mass is 293 g/mol. The van der Waals surface area contributed by atoms with E-state index in [0.29, 0.717) is 22.4 Å². The fraction of sp³-hybridized carbons (Fsp3) is 0.286. The fourth-order valence-electron chi connectivity index (χ4n) is 1.76. The van der Waals surface area contributed by atoms with Crippen molar-refractivity contribution >= 4 is 40.3 Å². The number of thioether (sulfide) groups is 1. The van der Waals surface area contributed by atoms with E-state index in [4.69, 9.17) is 17.0 Å². The van der Waals surface area contributed by atoms with Gasteiger partial charge in [0, 0.05) is 20.3 Å². The van der Waals surface area contributed by atoms with Crippen LogP contribution in [0.15, 0.2) is 35.2 Å². The van der Waals surface area contributed by atoms with Crippen LogP contribution in [0.2, 0.25) is 0 Å². The van der Waals surface area contributed by atoms with Gasteiger partial charge in [0.15, 0.2) is 0 Å². The summed E-state index contributed by atoms with van der Waals surface area (Å²) in [6.07, 6.45) is 2.68. The SMILES string of the molecule is COCCCN1C(=O)/C(=C\c2ccccc2)SC1=S. The molecule has 5 heteroatoms. The molecule has 1 aromatic rings. The number of hydrogen-bond donors (Lipinski definition) is 0. The van der Waals surface area contributed by atoms with Gasteiger partial charge in [0.2, 0.25) is 0 Å². The lowest BCUT2D eigenvalue weighted by Gasteiger charge is -2.13. The Hall–Kier alpha value is -1.17. The number of carbonyl (C=O) groups excluding carboxylic acids is 1. The summed E-state index contributed by atoms with van der Waals surface area (Å²) >= 11 is 6.61. The molecule has 0 aromatic heterocycles. The van der Waals surface area contributed by atoms with E-state index in [9.17, 15) is 4.79 Å². The van der Waals surface area contributed by atoms with E-state index in [1.807, 2.05) is 36.4 Å². The summed E-state index contributed by atoms with van der Waals surface area (Å²) in [6.45, 7) is 1.25. The Morgan fingerprint density at radius 1 is 1.37 bits per heavy atom. The minimum absolute atomic E-state index is 0.00467. The lowest BCUT2D eigenvalue weighted by molar-refractivity contribution is -0.122. The van der Waals surface area contributed by atoms with Crippen LogP contribution in [0.5, 0.6) is 0 Å². The van der Waals surface area contributed by atoms with Crippen LogP contribution in [0, 0.1) is 0 Å². The third-order valence-corrected chi connectivity index (χ3v) is 4.08. The van der Waals surface area contributed by atoms with Crippen molar-refractivity contribution in [2.24, 2.45) is 0 Å². The van der Waals surface area contributed by atoms with Crippen LogP contribution in [0.25, 0.3) is 6.08 Å². The van der Waals surface area contributed by atoms with Gasteiger partial charge in [-0.15, -0.1) is 0 Å². The van der Waals surface area contributed by atoms with Crippen molar-refractivity contribution in [1.29, 1.82) is 0 Å². The van der Waals surface area contributed by atoms with Crippen LogP contribution < -0.4 is 0 Å². The topological polar surface area (TPSA) is 29.5 Å². The highest BCUT2D eigenvalue weighted by Gasteiger charge is 2.31. The molecule has 1 saturated heterocycles. The van der Waals surface area contributed by atoms with E-state index in [1.54, 1.807) is 12.0 Å². The first-order chi connectivity index (χ1) is 9.22. The van der Waals surface area contributed by atoms with Crippen LogP contribution in [0.3, 0.4) is 0 Å². The molecule has 0 bridgehead atoms. The molecule has 1 fully saturated rings. The molecule has 1 aromatic carbocycles. The average molecular weight is 293 g/mol. The van der Waals surface area contributed by atoms with Crippen LogP contribution in [-0.4, -0.2) is 35.4 Å². The van der Waals surface area contributed by atoms with E-state index in [2.05, 4.69) is 0 Å². The molecule has 2 rings (SSSR count). The van der Waals surface area contributed by atoms with Gasteiger partial charge >= 0.3 is 0 Å². The molecule has 1 amide bonds. The van der Waals surface area contributed by atoms with Crippen molar-refractivity contribution in [2.75, 3.05) is 20.3 Å². The maximum Gasteiger partial charge on any atom is 0.266 e. The second-order valence-corrected chi connectivity index (χ2v) is 5.77. The van der Waals surface area contributed by atoms with Crippen molar-refractivity contribution in [1.82, 2.24) is 4.90 Å². The Bertz CT molecular complexity index is 499. The van der Waals surface area contributed by atoms with Gasteiger partial charge in [-0.3, -0.25) is 9.69 Å². The predicted octanol–water partition coefficient (Wildman–Crippen LogP) is 2.92. The van der Waals surface area contributed by atoms with Gasteiger partial charge in [0.1, 0.15) is 4.32 Å². The summed E-state index contributed by atoms with van der Waals surface area (Å²) < 4.78 is 5.62. The molecule has 3 nitrogen and oxygen atoms in total. The number of thiocarbonyl (C=S) groups is 1. The Kier molecular flexibility index (Phi) is 5.13. The minimum atomic E-state index is -0.00467. The van der Waals surface area contributed by atoms with Gasteiger partial charge < -0.3 is 4.74 Å². The molecule has 0 unspecified atom stereocenters. The zero-order valence-corrected chi connectivity index (χ0v) is 12.3. The molecule has 1 aliphatic heterocycles. The Morgan fingerprint density at radius 2 is 2.11 bits per heavy atom. The predicted molar refractivity (Wildman–Crippen MR) is 82.8 cm³/mol. The van der Waals surface area contributed by atoms with Gasteiger partial charge in [-0.25, -0.2) is 0 Å². The number of benzene rings is 1. The first-order valence-electron chi connectivity index (χ1n) is 6.01. The first kappa shape index (κ1) is 14.2. The van der Waals surface area contributed by atoms with Crippen LogP contribution in [0.1, 0.15) is 12.0 Å².